The first kappa shape index (κ1) is 22.4. The fourth-order valence-electron chi connectivity index (χ4n) is 2.91. The van der Waals surface area contributed by atoms with Crippen LogP contribution in [-0.4, -0.2) is 95.3 Å². The fraction of sp³-hybridized carbons (Fsp3) is 0.688. The molecule has 4 N–H and O–H groups in total. The van der Waals surface area contributed by atoms with E-state index >= 15 is 0 Å². The molecule has 0 amide bonds. The summed E-state index contributed by atoms with van der Waals surface area (Å²) in [6, 6.07) is 0. The SMILES string of the molecule is Cn1nc(COCCO[C@@H]2O[C@H](CO)[C@@H](O)[C@H](O)[C@H]2O)nc2c(=O)n(C)c(=O)nc1-2. The standard InChI is InChI=1S/C16H23N5O9/c1-20-14(26)9-13(18-16(20)27)21(2)19-8(17-9)6-28-3-4-29-15-12(25)11(24)10(23)7(5-22)30-15/h7,10-12,15,22-25H,3-6H2,1-2H3/t7-,10-,11+,12-,15-/m1/s1. The minimum Gasteiger partial charge on any atom is -0.394 e. The van der Waals surface area contributed by atoms with Crippen molar-refractivity contribution in [2.24, 2.45) is 14.1 Å². The van der Waals surface area contributed by atoms with Crippen molar-refractivity contribution >= 4 is 0 Å². The molecule has 14 nitrogen and oxygen atoms in total. The van der Waals surface area contributed by atoms with Crippen molar-refractivity contribution in [2.75, 3.05) is 19.8 Å². The zero-order valence-electron chi connectivity index (χ0n) is 16.3. The molecule has 5 atom stereocenters. The van der Waals surface area contributed by atoms with Crippen molar-refractivity contribution < 1.29 is 34.6 Å². The molecule has 0 bridgehead atoms. The van der Waals surface area contributed by atoms with Crippen molar-refractivity contribution in [3.63, 3.8) is 0 Å². The van der Waals surface area contributed by atoms with Gasteiger partial charge in [-0.2, -0.15) is 10.1 Å². The van der Waals surface area contributed by atoms with E-state index in [1.165, 1.54) is 18.8 Å². The van der Waals surface area contributed by atoms with E-state index in [-0.39, 0.29) is 37.2 Å². The van der Waals surface area contributed by atoms with Gasteiger partial charge in [0.1, 0.15) is 31.0 Å². The van der Waals surface area contributed by atoms with Crippen molar-refractivity contribution in [3.05, 3.63) is 26.7 Å². The summed E-state index contributed by atoms with van der Waals surface area (Å²) in [7, 11) is 2.81. The lowest BCUT2D eigenvalue weighted by Gasteiger charge is -2.39. The second-order valence-corrected chi connectivity index (χ2v) is 6.70. The molecule has 166 valence electrons. The van der Waals surface area contributed by atoms with Crippen LogP contribution >= 0.6 is 0 Å². The molecule has 0 unspecified atom stereocenters. The first-order valence-electron chi connectivity index (χ1n) is 9.05. The Labute approximate surface area is 169 Å². The van der Waals surface area contributed by atoms with Gasteiger partial charge in [0.15, 0.2) is 23.6 Å². The summed E-state index contributed by atoms with van der Waals surface area (Å²) < 4.78 is 18.0. The highest BCUT2D eigenvalue weighted by Crippen LogP contribution is 2.21. The zero-order valence-corrected chi connectivity index (χ0v) is 16.3. The highest BCUT2D eigenvalue weighted by Gasteiger charge is 2.43. The zero-order chi connectivity index (χ0) is 22.0. The molecule has 3 heterocycles. The fourth-order valence-corrected chi connectivity index (χ4v) is 2.91. The number of aryl methyl sites for hydroxylation is 1. The summed E-state index contributed by atoms with van der Waals surface area (Å²) >= 11 is 0. The molecule has 0 radical (unpaired) electrons. The van der Waals surface area contributed by atoms with E-state index in [4.69, 9.17) is 19.3 Å². The third-order valence-electron chi connectivity index (χ3n) is 4.61. The molecule has 3 aliphatic rings. The summed E-state index contributed by atoms with van der Waals surface area (Å²) in [5, 5.41) is 42.6. The molecular formula is C16H23N5O9. The molecule has 1 fully saturated rings. The quantitative estimate of drug-likeness (QED) is 0.310. The largest absolute Gasteiger partial charge is 0.394 e. The predicted molar refractivity (Wildman–Crippen MR) is 96.3 cm³/mol. The molecule has 0 aliphatic carbocycles. The smallest absolute Gasteiger partial charge is 0.352 e. The minimum atomic E-state index is -1.53. The van der Waals surface area contributed by atoms with Gasteiger partial charge in [-0.3, -0.25) is 9.36 Å². The average molecular weight is 429 g/mol. The maximum Gasteiger partial charge on any atom is 0.352 e. The average Bonchev–Trinajstić information content (AvgIpc) is 2.72. The molecule has 30 heavy (non-hydrogen) atoms. The molecule has 3 rings (SSSR count). The number of nitrogens with zero attached hydrogens (tertiary/aromatic N) is 5. The highest BCUT2D eigenvalue weighted by molar-refractivity contribution is 5.47. The lowest BCUT2D eigenvalue weighted by molar-refractivity contribution is -0.302. The van der Waals surface area contributed by atoms with Crippen LogP contribution in [0.5, 0.6) is 0 Å². The molecule has 0 aromatic carbocycles. The Balaban J connectivity index is 1.56. The molecule has 0 aromatic rings. The Kier molecular flexibility index (Phi) is 6.87. The maximum atomic E-state index is 12.2. The summed E-state index contributed by atoms with van der Waals surface area (Å²) in [6.07, 6.45) is -6.81. The summed E-state index contributed by atoms with van der Waals surface area (Å²) in [4.78, 5) is 31.7. The lowest BCUT2D eigenvalue weighted by atomic mass is 9.99. The topological polar surface area (TPSA) is 191 Å². The van der Waals surface area contributed by atoms with Gasteiger partial charge in [-0.25, -0.2) is 14.5 Å². The first-order chi connectivity index (χ1) is 14.2. The molecule has 3 aliphatic heterocycles. The summed E-state index contributed by atoms with van der Waals surface area (Å²) in [5.41, 5.74) is -1.33. The van der Waals surface area contributed by atoms with Gasteiger partial charge in [-0.15, -0.1) is 0 Å². The molecular weight excluding hydrogens is 406 g/mol. The third kappa shape index (κ3) is 4.39. The van der Waals surface area contributed by atoms with E-state index in [0.29, 0.717) is 0 Å². The predicted octanol–water partition coefficient (Wildman–Crippen LogP) is -4.29. The Morgan fingerprint density at radius 3 is 2.50 bits per heavy atom. The second kappa shape index (κ2) is 9.22. The van der Waals surface area contributed by atoms with Gasteiger partial charge in [-0.1, -0.05) is 0 Å². The molecule has 0 saturated carbocycles. The second-order valence-electron chi connectivity index (χ2n) is 6.70. The number of hydrogen-bond acceptors (Lipinski definition) is 12. The van der Waals surface area contributed by atoms with E-state index in [0.717, 1.165) is 4.57 Å². The van der Waals surface area contributed by atoms with Gasteiger partial charge >= 0.3 is 5.69 Å². The molecule has 0 spiro atoms. The van der Waals surface area contributed by atoms with E-state index < -0.39 is 48.6 Å². The maximum absolute atomic E-state index is 12.2. The van der Waals surface area contributed by atoms with Crippen LogP contribution in [0.4, 0.5) is 0 Å². The number of aromatic nitrogens is 5. The number of rotatable bonds is 7. The van der Waals surface area contributed by atoms with Gasteiger partial charge in [0.2, 0.25) is 0 Å². The Morgan fingerprint density at radius 2 is 1.80 bits per heavy atom. The van der Waals surface area contributed by atoms with Crippen molar-refractivity contribution in [1.82, 2.24) is 24.3 Å². The van der Waals surface area contributed by atoms with Gasteiger partial charge in [0.05, 0.1) is 19.8 Å². The highest BCUT2D eigenvalue weighted by atomic mass is 16.7. The van der Waals surface area contributed by atoms with Gasteiger partial charge < -0.3 is 34.6 Å². The van der Waals surface area contributed by atoms with Crippen LogP contribution in [-0.2, 0) is 34.9 Å². The third-order valence-corrected chi connectivity index (χ3v) is 4.61. The number of fused-ring (bicyclic) bond motifs is 1. The number of aliphatic hydroxyl groups is 4. The first-order valence-corrected chi connectivity index (χ1v) is 9.05. The summed E-state index contributed by atoms with van der Waals surface area (Å²) in [5.74, 6) is 0.230. The van der Waals surface area contributed by atoms with Crippen molar-refractivity contribution in [3.8, 4) is 11.5 Å². The van der Waals surface area contributed by atoms with Crippen molar-refractivity contribution in [1.29, 1.82) is 0 Å². The van der Waals surface area contributed by atoms with Gasteiger partial charge in [0.25, 0.3) is 5.56 Å². The van der Waals surface area contributed by atoms with Crippen LogP contribution in [0.1, 0.15) is 5.82 Å². The van der Waals surface area contributed by atoms with Crippen LogP contribution in [0.25, 0.3) is 11.5 Å². The van der Waals surface area contributed by atoms with Crippen LogP contribution in [0.3, 0.4) is 0 Å². The Bertz CT molecular complexity index is 961. The van der Waals surface area contributed by atoms with Gasteiger partial charge in [0, 0.05) is 14.1 Å². The Hall–Kier alpha value is -2.33. The monoisotopic (exact) mass is 429 g/mol. The van der Waals surface area contributed by atoms with Crippen LogP contribution in [0, 0.1) is 0 Å². The van der Waals surface area contributed by atoms with Crippen LogP contribution < -0.4 is 11.2 Å². The van der Waals surface area contributed by atoms with Crippen molar-refractivity contribution in [2.45, 2.75) is 37.3 Å². The number of ether oxygens (including phenoxy) is 3. The molecule has 1 saturated heterocycles. The van der Waals surface area contributed by atoms with E-state index in [9.17, 15) is 24.9 Å². The number of hydrogen-bond donors (Lipinski definition) is 4. The summed E-state index contributed by atoms with van der Waals surface area (Å²) in [6.45, 7) is -0.662. The molecule has 14 heteroatoms. The van der Waals surface area contributed by atoms with E-state index in [2.05, 4.69) is 15.1 Å². The normalized spacial score (nSPS) is 26.9. The van der Waals surface area contributed by atoms with Crippen LogP contribution in [0.15, 0.2) is 9.59 Å². The van der Waals surface area contributed by atoms with E-state index in [1.54, 1.807) is 0 Å². The number of aliphatic hydroxyl groups excluding tert-OH is 4. The lowest BCUT2D eigenvalue weighted by Crippen LogP contribution is -2.59. The molecule has 0 aromatic heterocycles. The van der Waals surface area contributed by atoms with Gasteiger partial charge in [-0.05, 0) is 0 Å². The minimum absolute atomic E-state index is 0.0224. The Morgan fingerprint density at radius 1 is 1.07 bits per heavy atom. The van der Waals surface area contributed by atoms with Crippen LogP contribution in [0.2, 0.25) is 0 Å². The van der Waals surface area contributed by atoms with E-state index in [1.807, 2.05) is 0 Å².